The lowest BCUT2D eigenvalue weighted by Crippen LogP contribution is -2.15. The van der Waals surface area contributed by atoms with E-state index < -0.39 is 5.91 Å². The predicted octanol–water partition coefficient (Wildman–Crippen LogP) is 5.81. The van der Waals surface area contributed by atoms with E-state index >= 15 is 0 Å². The molecule has 0 spiro atoms. The van der Waals surface area contributed by atoms with E-state index in [1.807, 2.05) is 43.3 Å². The van der Waals surface area contributed by atoms with E-state index in [1.165, 1.54) is 0 Å². The van der Waals surface area contributed by atoms with Crippen molar-refractivity contribution in [3.63, 3.8) is 0 Å². The summed E-state index contributed by atoms with van der Waals surface area (Å²) in [5.74, 6) is 0.814. The van der Waals surface area contributed by atoms with Crippen molar-refractivity contribution >= 4 is 34.8 Å². The van der Waals surface area contributed by atoms with Crippen molar-refractivity contribution in [2.24, 2.45) is 0 Å². The summed E-state index contributed by atoms with van der Waals surface area (Å²) in [5.41, 5.74) is 2.87. The van der Waals surface area contributed by atoms with Crippen LogP contribution in [0, 0.1) is 6.92 Å². The van der Waals surface area contributed by atoms with Crippen LogP contribution in [-0.4, -0.2) is 27.8 Å². The summed E-state index contributed by atoms with van der Waals surface area (Å²) < 4.78 is 6.84. The summed E-state index contributed by atoms with van der Waals surface area (Å²) in [6.45, 7) is 1.83. The largest absolute Gasteiger partial charge is 0.497 e. The molecule has 156 valence electrons. The van der Waals surface area contributed by atoms with Crippen LogP contribution in [0.5, 0.6) is 5.75 Å². The molecular weight excluding hydrogens is 435 g/mol. The Morgan fingerprint density at radius 2 is 1.71 bits per heavy atom. The maximum absolute atomic E-state index is 12.9. The Labute approximate surface area is 189 Å². The van der Waals surface area contributed by atoms with Gasteiger partial charge in [0.15, 0.2) is 5.82 Å². The predicted molar refractivity (Wildman–Crippen MR) is 122 cm³/mol. The van der Waals surface area contributed by atoms with Gasteiger partial charge in [-0.15, -0.1) is 5.10 Å². The molecule has 1 N–H and O–H groups in total. The van der Waals surface area contributed by atoms with Gasteiger partial charge >= 0.3 is 0 Å². The fourth-order valence-electron chi connectivity index (χ4n) is 3.02. The van der Waals surface area contributed by atoms with Gasteiger partial charge in [-0.05, 0) is 73.2 Å². The summed E-state index contributed by atoms with van der Waals surface area (Å²) in [5, 5.41) is 8.48. The smallest absolute Gasteiger partial charge is 0.295 e. The number of carbonyl (C=O) groups is 1. The van der Waals surface area contributed by atoms with Crippen molar-refractivity contribution in [2.75, 3.05) is 12.4 Å². The highest BCUT2D eigenvalue weighted by molar-refractivity contribution is 6.31. The summed E-state index contributed by atoms with van der Waals surface area (Å²) in [6, 6.07) is 19.8. The Morgan fingerprint density at radius 1 is 1.00 bits per heavy atom. The second-order valence-electron chi connectivity index (χ2n) is 6.74. The van der Waals surface area contributed by atoms with E-state index in [9.17, 15) is 4.79 Å². The highest BCUT2D eigenvalue weighted by Crippen LogP contribution is 2.26. The molecule has 4 rings (SSSR count). The number of methoxy groups -OCH3 is 1. The van der Waals surface area contributed by atoms with Gasteiger partial charge < -0.3 is 10.1 Å². The van der Waals surface area contributed by atoms with Gasteiger partial charge in [0, 0.05) is 21.3 Å². The van der Waals surface area contributed by atoms with Crippen LogP contribution in [0.3, 0.4) is 0 Å². The lowest BCUT2D eigenvalue weighted by molar-refractivity contribution is 0.101. The molecule has 0 aliphatic carbocycles. The standard InChI is InChI=1S/C23H18Cl2N4O2/c1-14-19(25)4-3-5-20(14)26-23(30)21-27-22(15-6-8-16(24)9-7-15)29(28-21)17-10-12-18(31-2)13-11-17/h3-13H,1-2H3,(H,26,30). The van der Waals surface area contributed by atoms with Crippen molar-refractivity contribution in [2.45, 2.75) is 6.92 Å². The monoisotopic (exact) mass is 452 g/mol. The maximum atomic E-state index is 12.9. The number of ether oxygens (including phenoxy) is 1. The fourth-order valence-corrected chi connectivity index (χ4v) is 3.32. The molecule has 0 saturated heterocycles. The van der Waals surface area contributed by atoms with E-state index in [4.69, 9.17) is 27.9 Å². The first kappa shape index (κ1) is 20.9. The number of nitrogens with zero attached hydrogens (tertiary/aromatic N) is 3. The molecule has 0 bridgehead atoms. The van der Waals surface area contributed by atoms with Crippen LogP contribution in [0.15, 0.2) is 66.7 Å². The number of anilines is 1. The molecule has 6 nitrogen and oxygen atoms in total. The highest BCUT2D eigenvalue weighted by Gasteiger charge is 2.20. The Bertz CT molecular complexity index is 1240. The first-order valence-electron chi connectivity index (χ1n) is 9.40. The highest BCUT2D eigenvalue weighted by atomic mass is 35.5. The summed E-state index contributed by atoms with van der Waals surface area (Å²) in [7, 11) is 1.60. The first-order valence-corrected chi connectivity index (χ1v) is 10.2. The van der Waals surface area contributed by atoms with Gasteiger partial charge in [0.25, 0.3) is 5.91 Å². The Balaban J connectivity index is 1.75. The minimum absolute atomic E-state index is 0.0279. The van der Waals surface area contributed by atoms with Gasteiger partial charge in [0.2, 0.25) is 5.82 Å². The minimum atomic E-state index is -0.437. The normalized spacial score (nSPS) is 10.7. The molecule has 0 saturated carbocycles. The lowest BCUT2D eigenvalue weighted by Gasteiger charge is -2.07. The number of benzene rings is 3. The zero-order chi connectivity index (χ0) is 22.0. The van der Waals surface area contributed by atoms with Gasteiger partial charge in [-0.1, -0.05) is 29.3 Å². The molecule has 4 aromatic rings. The SMILES string of the molecule is COc1ccc(-n2nc(C(=O)Nc3cccc(Cl)c3C)nc2-c2ccc(Cl)cc2)cc1. The van der Waals surface area contributed by atoms with Crippen molar-refractivity contribution in [3.8, 4) is 22.8 Å². The maximum Gasteiger partial charge on any atom is 0.295 e. The van der Waals surface area contributed by atoms with E-state index in [0.29, 0.717) is 27.3 Å². The number of nitrogens with one attached hydrogen (secondary N) is 1. The number of carbonyl (C=O) groups excluding carboxylic acids is 1. The average molecular weight is 453 g/mol. The molecule has 0 aliphatic rings. The van der Waals surface area contributed by atoms with Crippen LogP contribution in [0.2, 0.25) is 10.0 Å². The molecule has 1 heterocycles. The van der Waals surface area contributed by atoms with E-state index in [0.717, 1.165) is 16.8 Å². The number of hydrogen-bond donors (Lipinski definition) is 1. The lowest BCUT2D eigenvalue weighted by atomic mass is 10.2. The average Bonchev–Trinajstić information content (AvgIpc) is 3.23. The van der Waals surface area contributed by atoms with Gasteiger partial charge in [-0.2, -0.15) is 0 Å². The molecule has 8 heteroatoms. The number of halogens is 2. The number of amides is 1. The molecule has 0 radical (unpaired) electrons. The van der Waals surface area contributed by atoms with Crippen molar-refractivity contribution in [3.05, 3.63) is 88.2 Å². The third-order valence-corrected chi connectivity index (χ3v) is 5.41. The summed E-state index contributed by atoms with van der Waals surface area (Å²) >= 11 is 12.2. The molecular formula is C23H18Cl2N4O2. The van der Waals surface area contributed by atoms with Gasteiger partial charge in [-0.25, -0.2) is 9.67 Å². The summed E-state index contributed by atoms with van der Waals surface area (Å²) in [4.78, 5) is 17.4. The van der Waals surface area contributed by atoms with E-state index in [1.54, 1.807) is 42.1 Å². The van der Waals surface area contributed by atoms with Crippen LogP contribution >= 0.6 is 23.2 Å². The Hall–Kier alpha value is -3.35. The number of hydrogen-bond acceptors (Lipinski definition) is 4. The van der Waals surface area contributed by atoms with Crippen LogP contribution < -0.4 is 10.1 Å². The molecule has 0 fully saturated rings. The molecule has 0 atom stereocenters. The first-order chi connectivity index (χ1) is 15.0. The van der Waals surface area contributed by atoms with Crippen LogP contribution in [0.25, 0.3) is 17.1 Å². The fraction of sp³-hybridized carbons (Fsp3) is 0.0870. The van der Waals surface area contributed by atoms with Gasteiger partial charge in [-0.3, -0.25) is 4.79 Å². The molecule has 0 aliphatic heterocycles. The van der Waals surface area contributed by atoms with Gasteiger partial charge in [0.05, 0.1) is 12.8 Å². The quantitative estimate of drug-likeness (QED) is 0.414. The topological polar surface area (TPSA) is 69.0 Å². The zero-order valence-corrected chi connectivity index (χ0v) is 18.3. The van der Waals surface area contributed by atoms with Crippen molar-refractivity contribution in [1.82, 2.24) is 14.8 Å². The van der Waals surface area contributed by atoms with Gasteiger partial charge in [0.1, 0.15) is 5.75 Å². The number of aromatic nitrogens is 3. The van der Waals surface area contributed by atoms with E-state index in [2.05, 4.69) is 15.4 Å². The third kappa shape index (κ3) is 4.40. The molecule has 0 unspecified atom stereocenters. The Kier molecular flexibility index (Phi) is 5.93. The van der Waals surface area contributed by atoms with Crippen LogP contribution in [0.4, 0.5) is 5.69 Å². The van der Waals surface area contributed by atoms with E-state index in [-0.39, 0.29) is 5.82 Å². The molecule has 3 aromatic carbocycles. The second kappa shape index (κ2) is 8.79. The molecule has 1 amide bonds. The minimum Gasteiger partial charge on any atom is -0.497 e. The summed E-state index contributed by atoms with van der Waals surface area (Å²) in [6.07, 6.45) is 0. The Morgan fingerprint density at radius 3 is 2.39 bits per heavy atom. The van der Waals surface area contributed by atoms with Crippen LogP contribution in [0.1, 0.15) is 16.2 Å². The number of rotatable bonds is 5. The zero-order valence-electron chi connectivity index (χ0n) is 16.8. The van der Waals surface area contributed by atoms with Crippen molar-refractivity contribution in [1.29, 1.82) is 0 Å². The second-order valence-corrected chi connectivity index (χ2v) is 7.59. The third-order valence-electron chi connectivity index (χ3n) is 4.75. The van der Waals surface area contributed by atoms with Crippen LogP contribution in [-0.2, 0) is 0 Å². The molecule has 31 heavy (non-hydrogen) atoms. The van der Waals surface area contributed by atoms with Crippen molar-refractivity contribution < 1.29 is 9.53 Å². The molecule has 1 aromatic heterocycles.